The summed E-state index contributed by atoms with van der Waals surface area (Å²) in [5.41, 5.74) is 0. The van der Waals surface area contributed by atoms with E-state index in [1.54, 1.807) is 0 Å². The van der Waals surface area contributed by atoms with Gasteiger partial charge < -0.3 is 4.74 Å². The lowest BCUT2D eigenvalue weighted by molar-refractivity contribution is -0.141. The zero-order chi connectivity index (χ0) is 7.28. The van der Waals surface area contributed by atoms with Gasteiger partial charge in [-0.05, 0) is 11.8 Å². The second kappa shape index (κ2) is 4.90. The molecule has 0 aliphatic heterocycles. The van der Waals surface area contributed by atoms with Crippen LogP contribution < -0.4 is 4.84 Å². The highest BCUT2D eigenvalue weighted by Gasteiger charge is 2.14. The smallest absolute Gasteiger partial charge is 0.324 e. The Bertz CT molecular complexity index is 96.6. The maximum Gasteiger partial charge on any atom is 0.324 e. The molecule has 1 N–H and O–H groups in total. The topological polar surface area (TPSA) is 38.3 Å². The van der Waals surface area contributed by atoms with Gasteiger partial charge in [0.2, 0.25) is 0 Å². The zero-order valence-corrected chi connectivity index (χ0v) is 6.58. The predicted octanol–water partition coefficient (Wildman–Crippen LogP) is 0.201. The van der Waals surface area contributed by atoms with E-state index in [4.69, 9.17) is 11.8 Å². The third kappa shape index (κ3) is 2.93. The van der Waals surface area contributed by atoms with Crippen molar-refractivity contribution in [2.75, 3.05) is 12.9 Å². The molecule has 0 heterocycles. The van der Waals surface area contributed by atoms with Crippen LogP contribution in [0, 0.1) is 0 Å². The first kappa shape index (κ1) is 9.07. The highest BCUT2D eigenvalue weighted by Crippen LogP contribution is 1.91. The number of rotatable bonds is 3. The summed E-state index contributed by atoms with van der Waals surface area (Å²) in [4.78, 5) is 12.8. The average Bonchev–Trinajstić information content (AvgIpc) is 1.90. The van der Waals surface area contributed by atoms with Gasteiger partial charge in [0.15, 0.2) is 0 Å². The third-order valence-corrected chi connectivity index (χ3v) is 1.43. The molecule has 0 aromatic heterocycles. The molecule has 0 spiro atoms. The normalized spacial score (nSPS) is 12.8. The second-order valence-corrected chi connectivity index (χ2v) is 1.95. The van der Waals surface area contributed by atoms with Crippen LogP contribution in [0.4, 0.5) is 0 Å². The molecule has 9 heavy (non-hydrogen) atoms. The fraction of sp³-hybridized carbons (Fsp3) is 0.750. The van der Waals surface area contributed by atoms with Crippen LogP contribution in [0.5, 0.6) is 0 Å². The van der Waals surface area contributed by atoms with Crippen molar-refractivity contribution < 1.29 is 9.53 Å². The maximum absolute atomic E-state index is 10.6. The monoisotopic (exact) mass is 169 g/mol. The quantitative estimate of drug-likeness (QED) is 0.360. The van der Waals surface area contributed by atoms with E-state index < -0.39 is 12.0 Å². The highest BCUT2D eigenvalue weighted by atomic mass is 35.5. The van der Waals surface area contributed by atoms with E-state index in [0.717, 1.165) is 0 Å². The van der Waals surface area contributed by atoms with E-state index in [0.29, 0.717) is 5.75 Å². The minimum atomic E-state index is -0.514. The molecule has 0 aliphatic carbocycles. The highest BCUT2D eigenvalue weighted by molar-refractivity contribution is 7.80. The van der Waals surface area contributed by atoms with Gasteiger partial charge in [-0.25, -0.2) is 4.84 Å². The van der Waals surface area contributed by atoms with Crippen molar-refractivity contribution in [3.05, 3.63) is 0 Å². The van der Waals surface area contributed by atoms with E-state index >= 15 is 0 Å². The molecular formula is C4H8ClNO2S. The molecule has 3 nitrogen and oxygen atoms in total. The fourth-order valence-corrected chi connectivity index (χ4v) is 0.810. The lowest BCUT2D eigenvalue weighted by atomic mass is 10.4. The van der Waals surface area contributed by atoms with Crippen LogP contribution in [0.15, 0.2) is 0 Å². The molecule has 5 heteroatoms. The van der Waals surface area contributed by atoms with Crippen molar-refractivity contribution in [2.45, 2.75) is 6.04 Å². The first-order valence-corrected chi connectivity index (χ1v) is 3.32. The van der Waals surface area contributed by atoms with E-state index in [1.807, 2.05) is 0 Å². The van der Waals surface area contributed by atoms with Crippen LogP contribution in [-0.4, -0.2) is 24.9 Å². The molecule has 0 saturated carbocycles. The Labute approximate surface area is 64.2 Å². The second-order valence-electron chi connectivity index (χ2n) is 1.37. The van der Waals surface area contributed by atoms with Crippen LogP contribution in [0.25, 0.3) is 0 Å². The summed E-state index contributed by atoms with van der Waals surface area (Å²) in [5, 5.41) is 0. The Hall–Kier alpha value is 0.0700. The first-order chi connectivity index (χ1) is 4.26. The maximum atomic E-state index is 10.6. The van der Waals surface area contributed by atoms with Crippen molar-refractivity contribution in [1.29, 1.82) is 0 Å². The minimum Gasteiger partial charge on any atom is -0.468 e. The Balaban J connectivity index is 3.64. The van der Waals surface area contributed by atoms with Gasteiger partial charge in [-0.1, -0.05) is 0 Å². The molecule has 1 atom stereocenters. The largest absolute Gasteiger partial charge is 0.468 e. The number of methoxy groups -OCH3 is 1. The van der Waals surface area contributed by atoms with Gasteiger partial charge in [-0.15, -0.1) is 0 Å². The van der Waals surface area contributed by atoms with Gasteiger partial charge in [-0.2, -0.15) is 12.6 Å². The molecule has 0 aromatic rings. The van der Waals surface area contributed by atoms with Crippen molar-refractivity contribution in [1.82, 2.24) is 4.84 Å². The number of carbonyl (C=O) groups excluding carboxylic acids is 1. The van der Waals surface area contributed by atoms with E-state index in [1.165, 1.54) is 7.11 Å². The van der Waals surface area contributed by atoms with E-state index in [2.05, 4.69) is 22.2 Å². The lowest BCUT2D eigenvalue weighted by Gasteiger charge is -2.06. The number of nitrogens with one attached hydrogen (secondary N) is 1. The summed E-state index contributed by atoms with van der Waals surface area (Å²) in [6.45, 7) is 0. The van der Waals surface area contributed by atoms with Gasteiger partial charge in [-0.3, -0.25) is 4.79 Å². The molecule has 54 valence electrons. The van der Waals surface area contributed by atoms with Gasteiger partial charge in [0, 0.05) is 5.75 Å². The summed E-state index contributed by atoms with van der Waals surface area (Å²) in [6.07, 6.45) is 0. The van der Waals surface area contributed by atoms with Gasteiger partial charge >= 0.3 is 5.97 Å². The van der Waals surface area contributed by atoms with Crippen molar-refractivity contribution in [3.8, 4) is 0 Å². The number of halogens is 1. The molecule has 0 amide bonds. The van der Waals surface area contributed by atoms with Crippen molar-refractivity contribution >= 4 is 30.4 Å². The van der Waals surface area contributed by atoms with E-state index in [-0.39, 0.29) is 0 Å². The predicted molar refractivity (Wildman–Crippen MR) is 38.6 cm³/mol. The number of hydrogen-bond acceptors (Lipinski definition) is 4. The fourth-order valence-electron chi connectivity index (χ4n) is 0.296. The molecular weight excluding hydrogens is 162 g/mol. The lowest BCUT2D eigenvalue weighted by Crippen LogP contribution is -2.33. The Kier molecular flexibility index (Phi) is 4.94. The Morgan fingerprint density at radius 1 is 2.00 bits per heavy atom. The van der Waals surface area contributed by atoms with Gasteiger partial charge in [0.1, 0.15) is 6.04 Å². The summed E-state index contributed by atoms with van der Waals surface area (Å²) in [6, 6.07) is -0.514. The molecule has 0 bridgehead atoms. The van der Waals surface area contributed by atoms with Crippen LogP contribution in [0.1, 0.15) is 0 Å². The van der Waals surface area contributed by atoms with E-state index in [9.17, 15) is 4.79 Å². The number of thiol groups is 1. The van der Waals surface area contributed by atoms with Crippen LogP contribution in [0.2, 0.25) is 0 Å². The molecule has 0 aliphatic rings. The average molecular weight is 170 g/mol. The first-order valence-electron chi connectivity index (χ1n) is 2.31. The van der Waals surface area contributed by atoms with Crippen molar-refractivity contribution in [2.24, 2.45) is 0 Å². The van der Waals surface area contributed by atoms with Crippen molar-refractivity contribution in [3.63, 3.8) is 0 Å². The molecule has 0 rings (SSSR count). The standard InChI is InChI=1S/C4H8ClNO2S/c1-8-4(7)3(2-9)6-5/h3,6,9H,2H2,1H3/t3-/m1/s1. The summed E-state index contributed by atoms with van der Waals surface area (Å²) < 4.78 is 4.36. The van der Waals surface area contributed by atoms with Crippen LogP contribution >= 0.6 is 24.4 Å². The minimum absolute atomic E-state index is 0.330. The number of esters is 1. The summed E-state index contributed by atoms with van der Waals surface area (Å²) in [5.74, 6) is -0.0732. The molecule has 0 radical (unpaired) electrons. The summed E-state index contributed by atoms with van der Waals surface area (Å²) in [7, 11) is 1.30. The zero-order valence-electron chi connectivity index (χ0n) is 4.93. The summed E-state index contributed by atoms with van der Waals surface area (Å²) >= 11 is 8.98. The van der Waals surface area contributed by atoms with Crippen LogP contribution in [0.3, 0.4) is 0 Å². The number of carbonyl (C=O) groups is 1. The number of hydrogen-bond donors (Lipinski definition) is 2. The Morgan fingerprint density at radius 3 is 2.67 bits per heavy atom. The van der Waals surface area contributed by atoms with Gasteiger partial charge in [0.05, 0.1) is 7.11 Å². The molecule has 0 fully saturated rings. The molecule has 0 aromatic carbocycles. The molecule has 0 unspecified atom stereocenters. The third-order valence-electron chi connectivity index (χ3n) is 0.800. The molecule has 0 saturated heterocycles. The Morgan fingerprint density at radius 2 is 2.56 bits per heavy atom. The number of ether oxygens (including phenoxy) is 1. The SMILES string of the molecule is COC(=O)[C@@H](CS)NCl. The van der Waals surface area contributed by atoms with Crippen LogP contribution in [-0.2, 0) is 9.53 Å². The van der Waals surface area contributed by atoms with Gasteiger partial charge in [0.25, 0.3) is 0 Å².